The highest BCUT2D eigenvalue weighted by Crippen LogP contribution is 2.72. The minimum absolute atomic E-state index is 0.359. The molecule has 0 heterocycles. The van der Waals surface area contributed by atoms with Crippen LogP contribution in [0.2, 0.25) is 0 Å². The first-order chi connectivity index (χ1) is 9.77. The maximum atomic E-state index is 5.59. The van der Waals surface area contributed by atoms with Crippen LogP contribution in [0.3, 0.4) is 0 Å². The van der Waals surface area contributed by atoms with Crippen LogP contribution in [0.15, 0.2) is 22.7 Å². The summed E-state index contributed by atoms with van der Waals surface area (Å²) >= 11 is 3.74. The van der Waals surface area contributed by atoms with E-state index in [0.29, 0.717) is 29.4 Å². The second-order valence-electron chi connectivity index (χ2n) is 7.07. The Morgan fingerprint density at radius 2 is 1.81 bits per heavy atom. The van der Waals surface area contributed by atoms with Crippen LogP contribution in [0.1, 0.15) is 53.1 Å². The van der Waals surface area contributed by atoms with E-state index in [9.17, 15) is 0 Å². The summed E-state index contributed by atoms with van der Waals surface area (Å²) < 4.78 is 6.73. The van der Waals surface area contributed by atoms with E-state index in [1.165, 1.54) is 5.56 Å². The van der Waals surface area contributed by atoms with Crippen molar-refractivity contribution in [3.8, 4) is 5.75 Å². The third-order valence-electron chi connectivity index (χ3n) is 5.51. The van der Waals surface area contributed by atoms with E-state index in [4.69, 9.17) is 4.74 Å². The smallest absolute Gasteiger partial charge is 0.120 e. The van der Waals surface area contributed by atoms with Crippen molar-refractivity contribution in [3.05, 3.63) is 28.2 Å². The average Bonchev–Trinajstić information content (AvgIpc) is 2.78. The monoisotopic (exact) mass is 353 g/mol. The summed E-state index contributed by atoms with van der Waals surface area (Å²) in [6, 6.07) is 6.75. The number of nitrogens with one attached hydrogen (secondary N) is 1. The van der Waals surface area contributed by atoms with Gasteiger partial charge in [0.25, 0.3) is 0 Å². The van der Waals surface area contributed by atoms with Crippen molar-refractivity contribution in [2.75, 3.05) is 13.2 Å². The van der Waals surface area contributed by atoms with E-state index < -0.39 is 0 Å². The van der Waals surface area contributed by atoms with Gasteiger partial charge in [-0.25, -0.2) is 0 Å². The molecular formula is C18H28BrNO. The summed E-state index contributed by atoms with van der Waals surface area (Å²) in [5.41, 5.74) is 2.05. The summed E-state index contributed by atoms with van der Waals surface area (Å²) in [6.07, 6.45) is 0. The topological polar surface area (TPSA) is 21.3 Å². The largest absolute Gasteiger partial charge is 0.494 e. The number of ether oxygens (including phenoxy) is 1. The molecule has 0 aromatic heterocycles. The van der Waals surface area contributed by atoms with Gasteiger partial charge in [0.1, 0.15) is 5.75 Å². The summed E-state index contributed by atoms with van der Waals surface area (Å²) in [5, 5.41) is 3.69. The molecule has 0 radical (unpaired) electrons. The molecule has 1 atom stereocenters. The van der Waals surface area contributed by atoms with Crippen LogP contribution < -0.4 is 10.1 Å². The van der Waals surface area contributed by atoms with Gasteiger partial charge in [0.05, 0.1) is 6.61 Å². The summed E-state index contributed by atoms with van der Waals surface area (Å²) in [4.78, 5) is 0. The number of benzene rings is 1. The molecule has 118 valence electrons. The number of hydrogen-bond acceptors (Lipinski definition) is 2. The first-order valence-corrected chi connectivity index (χ1v) is 8.72. The van der Waals surface area contributed by atoms with Gasteiger partial charge in [0, 0.05) is 10.5 Å². The lowest BCUT2D eigenvalue weighted by Gasteiger charge is -2.22. The van der Waals surface area contributed by atoms with E-state index in [0.717, 1.165) is 16.8 Å². The number of rotatable bonds is 6. The zero-order valence-corrected chi connectivity index (χ0v) is 15.7. The van der Waals surface area contributed by atoms with Crippen molar-refractivity contribution in [1.29, 1.82) is 0 Å². The molecular weight excluding hydrogens is 326 g/mol. The van der Waals surface area contributed by atoms with E-state index in [1.807, 2.05) is 6.92 Å². The van der Waals surface area contributed by atoms with Crippen LogP contribution in [0.5, 0.6) is 5.75 Å². The van der Waals surface area contributed by atoms with Gasteiger partial charge in [0.2, 0.25) is 0 Å². The SMILES string of the molecule is CCNC(c1ccc(OCC)cc1Br)C1C(C)(C)C1(C)C. The second-order valence-corrected chi connectivity index (χ2v) is 7.93. The van der Waals surface area contributed by atoms with Gasteiger partial charge in [0.15, 0.2) is 0 Å². The van der Waals surface area contributed by atoms with Crippen LogP contribution in [0.4, 0.5) is 0 Å². The predicted molar refractivity (Wildman–Crippen MR) is 92.8 cm³/mol. The molecule has 0 spiro atoms. The highest BCUT2D eigenvalue weighted by atomic mass is 79.9. The molecule has 1 fully saturated rings. The van der Waals surface area contributed by atoms with Crippen molar-refractivity contribution in [1.82, 2.24) is 5.32 Å². The van der Waals surface area contributed by atoms with Gasteiger partial charge in [-0.3, -0.25) is 0 Å². The quantitative estimate of drug-likeness (QED) is 0.760. The zero-order chi connectivity index (χ0) is 15.8. The molecule has 1 unspecified atom stereocenters. The molecule has 1 aromatic carbocycles. The van der Waals surface area contributed by atoms with Crippen LogP contribution in [-0.4, -0.2) is 13.2 Å². The van der Waals surface area contributed by atoms with Crippen LogP contribution in [-0.2, 0) is 0 Å². The molecule has 1 N–H and O–H groups in total. The summed E-state index contributed by atoms with van der Waals surface area (Å²) in [5.74, 6) is 1.57. The fraction of sp³-hybridized carbons (Fsp3) is 0.667. The van der Waals surface area contributed by atoms with Crippen LogP contribution in [0.25, 0.3) is 0 Å². The van der Waals surface area contributed by atoms with Crippen molar-refractivity contribution >= 4 is 15.9 Å². The molecule has 0 aliphatic heterocycles. The molecule has 2 nitrogen and oxygen atoms in total. The maximum Gasteiger partial charge on any atom is 0.120 e. The third-order valence-corrected chi connectivity index (χ3v) is 6.19. The molecule has 21 heavy (non-hydrogen) atoms. The molecule has 1 aliphatic carbocycles. The number of hydrogen-bond donors (Lipinski definition) is 1. The van der Waals surface area contributed by atoms with E-state index >= 15 is 0 Å². The van der Waals surface area contributed by atoms with Crippen molar-refractivity contribution in [2.24, 2.45) is 16.7 Å². The van der Waals surface area contributed by atoms with Gasteiger partial charge in [-0.2, -0.15) is 0 Å². The Bertz CT molecular complexity index is 496. The Hall–Kier alpha value is -0.540. The van der Waals surface area contributed by atoms with E-state index in [1.54, 1.807) is 0 Å². The Balaban J connectivity index is 2.32. The second kappa shape index (κ2) is 5.92. The lowest BCUT2D eigenvalue weighted by molar-refractivity contribution is 0.339. The van der Waals surface area contributed by atoms with Crippen LogP contribution >= 0.6 is 15.9 Å². The Morgan fingerprint density at radius 1 is 1.19 bits per heavy atom. The van der Waals surface area contributed by atoms with Crippen molar-refractivity contribution in [2.45, 2.75) is 47.6 Å². The molecule has 0 saturated heterocycles. The Morgan fingerprint density at radius 3 is 2.24 bits per heavy atom. The van der Waals surface area contributed by atoms with Crippen molar-refractivity contribution < 1.29 is 4.74 Å². The fourth-order valence-corrected chi connectivity index (χ4v) is 4.33. The molecule has 0 amide bonds. The van der Waals surface area contributed by atoms with Crippen LogP contribution in [0, 0.1) is 16.7 Å². The molecule has 2 rings (SSSR count). The first-order valence-electron chi connectivity index (χ1n) is 7.93. The molecule has 1 aliphatic rings. The minimum atomic E-state index is 0.359. The lowest BCUT2D eigenvalue weighted by atomic mass is 9.96. The minimum Gasteiger partial charge on any atom is -0.494 e. The van der Waals surface area contributed by atoms with E-state index in [2.05, 4.69) is 74.1 Å². The van der Waals surface area contributed by atoms with Gasteiger partial charge in [-0.15, -0.1) is 0 Å². The summed E-state index contributed by atoms with van der Waals surface area (Å²) in [7, 11) is 0. The zero-order valence-electron chi connectivity index (χ0n) is 14.1. The predicted octanol–water partition coefficient (Wildman–Crippen LogP) is 5.18. The Kier molecular flexibility index (Phi) is 4.75. The molecule has 0 bridgehead atoms. The average molecular weight is 354 g/mol. The molecule has 3 heteroatoms. The molecule has 1 aromatic rings. The highest BCUT2D eigenvalue weighted by Gasteiger charge is 2.67. The third kappa shape index (κ3) is 2.87. The van der Waals surface area contributed by atoms with Gasteiger partial charge in [-0.05, 0) is 47.9 Å². The number of halogens is 1. The summed E-state index contributed by atoms with van der Waals surface area (Å²) in [6.45, 7) is 15.4. The first kappa shape index (κ1) is 16.8. The van der Waals surface area contributed by atoms with Gasteiger partial charge in [-0.1, -0.05) is 56.6 Å². The highest BCUT2D eigenvalue weighted by molar-refractivity contribution is 9.10. The van der Waals surface area contributed by atoms with Gasteiger partial charge >= 0.3 is 0 Å². The van der Waals surface area contributed by atoms with E-state index in [-0.39, 0.29) is 0 Å². The molecule has 1 saturated carbocycles. The lowest BCUT2D eigenvalue weighted by Crippen LogP contribution is -2.25. The standard InChI is InChI=1S/C18H28BrNO/c1-7-20-15(16-17(3,4)18(16,5)6)13-10-9-12(21-8-2)11-14(13)19/h9-11,15-16,20H,7-8H2,1-6H3. The van der Waals surface area contributed by atoms with Crippen molar-refractivity contribution in [3.63, 3.8) is 0 Å². The Labute approximate surface area is 137 Å². The fourth-order valence-electron chi connectivity index (χ4n) is 3.72. The maximum absolute atomic E-state index is 5.59. The van der Waals surface area contributed by atoms with Gasteiger partial charge < -0.3 is 10.1 Å². The normalized spacial score (nSPS) is 21.1.